The highest BCUT2D eigenvalue weighted by Gasteiger charge is 2.45. The molecule has 18 heavy (non-hydrogen) atoms. The van der Waals surface area contributed by atoms with Crippen LogP contribution in [0.2, 0.25) is 0 Å². The number of methoxy groups -OCH3 is 1. The molecular weight excluding hydrogens is 258 g/mol. The maximum absolute atomic E-state index is 11.8. The topological polar surface area (TPSA) is 92.7 Å². The molecule has 6 nitrogen and oxygen atoms in total. The number of nitrogens with one attached hydrogen (secondary N) is 1. The molecule has 0 unspecified atom stereocenters. The summed E-state index contributed by atoms with van der Waals surface area (Å²) in [7, 11) is -2.02. The lowest BCUT2D eigenvalue weighted by Crippen LogP contribution is -2.57. The third kappa shape index (κ3) is 4.55. The van der Waals surface area contributed by atoms with E-state index in [9.17, 15) is 13.2 Å². The number of carboxylic acids is 1. The molecule has 0 aliphatic heterocycles. The van der Waals surface area contributed by atoms with E-state index in [2.05, 4.69) is 4.72 Å². The van der Waals surface area contributed by atoms with Crippen LogP contribution in [0.5, 0.6) is 0 Å². The van der Waals surface area contributed by atoms with Crippen LogP contribution in [0.3, 0.4) is 0 Å². The van der Waals surface area contributed by atoms with E-state index < -0.39 is 26.9 Å². The standard InChI is InChI=1S/C11H23NO5S/c1-10(2,9(13)14)11(3,4)12-18(15,16)8-6-7-17-5/h12H,6-8H2,1-5H3,(H,13,14). The van der Waals surface area contributed by atoms with E-state index in [4.69, 9.17) is 9.84 Å². The van der Waals surface area contributed by atoms with Crippen LogP contribution in [-0.2, 0) is 19.6 Å². The second-order valence-electron chi connectivity index (χ2n) is 5.32. The third-order valence-corrected chi connectivity index (χ3v) is 4.92. The highest BCUT2D eigenvalue weighted by Crippen LogP contribution is 2.31. The van der Waals surface area contributed by atoms with Gasteiger partial charge in [-0.05, 0) is 34.1 Å². The van der Waals surface area contributed by atoms with Crippen molar-refractivity contribution in [1.82, 2.24) is 4.72 Å². The molecule has 0 spiro atoms. The zero-order chi connectivity index (χ0) is 14.6. The van der Waals surface area contributed by atoms with Crippen LogP contribution in [-0.4, -0.2) is 44.5 Å². The van der Waals surface area contributed by atoms with Gasteiger partial charge in [0.25, 0.3) is 0 Å². The normalized spacial score (nSPS) is 13.6. The van der Waals surface area contributed by atoms with E-state index in [1.807, 2.05) is 0 Å². The average molecular weight is 281 g/mol. The fourth-order valence-electron chi connectivity index (χ4n) is 1.23. The number of ether oxygens (including phenoxy) is 1. The quantitative estimate of drug-likeness (QED) is 0.643. The number of carboxylic acid groups (broad SMARTS) is 1. The maximum Gasteiger partial charge on any atom is 0.310 e. The van der Waals surface area contributed by atoms with Crippen LogP contribution in [0.25, 0.3) is 0 Å². The van der Waals surface area contributed by atoms with E-state index in [1.54, 1.807) is 13.8 Å². The Bertz CT molecular complexity index is 386. The fourth-order valence-corrected chi connectivity index (χ4v) is 2.86. The number of hydrogen-bond donors (Lipinski definition) is 2. The first-order chi connectivity index (χ1) is 7.96. The summed E-state index contributed by atoms with van der Waals surface area (Å²) in [5, 5.41) is 9.13. The lowest BCUT2D eigenvalue weighted by Gasteiger charge is -2.38. The summed E-state index contributed by atoms with van der Waals surface area (Å²) in [5.74, 6) is -1.13. The van der Waals surface area contributed by atoms with Gasteiger partial charge in [-0.1, -0.05) is 0 Å². The number of sulfonamides is 1. The van der Waals surface area contributed by atoms with Crippen molar-refractivity contribution in [2.45, 2.75) is 39.7 Å². The molecule has 108 valence electrons. The van der Waals surface area contributed by atoms with E-state index >= 15 is 0 Å². The largest absolute Gasteiger partial charge is 0.481 e. The number of hydrogen-bond acceptors (Lipinski definition) is 4. The Hall–Kier alpha value is -0.660. The van der Waals surface area contributed by atoms with Crippen LogP contribution >= 0.6 is 0 Å². The number of carbonyl (C=O) groups is 1. The molecule has 0 radical (unpaired) electrons. The minimum absolute atomic E-state index is 0.0834. The lowest BCUT2D eigenvalue weighted by molar-refractivity contribution is -0.150. The van der Waals surface area contributed by atoms with Crippen LogP contribution in [0.15, 0.2) is 0 Å². The van der Waals surface area contributed by atoms with Gasteiger partial charge >= 0.3 is 5.97 Å². The average Bonchev–Trinajstić information content (AvgIpc) is 2.15. The summed E-state index contributed by atoms with van der Waals surface area (Å²) >= 11 is 0. The first kappa shape index (κ1) is 17.3. The van der Waals surface area contributed by atoms with Gasteiger partial charge in [-0.25, -0.2) is 13.1 Å². The summed E-state index contributed by atoms with van der Waals surface area (Å²) in [4.78, 5) is 11.2. The van der Waals surface area contributed by atoms with Crippen molar-refractivity contribution in [3.8, 4) is 0 Å². The van der Waals surface area contributed by atoms with Crippen LogP contribution in [0, 0.1) is 5.41 Å². The first-order valence-electron chi connectivity index (χ1n) is 5.70. The minimum atomic E-state index is -3.52. The Morgan fingerprint density at radius 1 is 1.28 bits per heavy atom. The second-order valence-corrected chi connectivity index (χ2v) is 7.16. The molecule has 0 saturated heterocycles. The first-order valence-corrected chi connectivity index (χ1v) is 7.35. The second kappa shape index (κ2) is 5.99. The molecule has 7 heteroatoms. The van der Waals surface area contributed by atoms with E-state index in [0.29, 0.717) is 13.0 Å². The smallest absolute Gasteiger partial charge is 0.310 e. The van der Waals surface area contributed by atoms with Crippen molar-refractivity contribution >= 4 is 16.0 Å². The third-order valence-electron chi connectivity index (χ3n) is 3.27. The van der Waals surface area contributed by atoms with Gasteiger partial charge in [-0.2, -0.15) is 0 Å². The van der Waals surface area contributed by atoms with E-state index in [-0.39, 0.29) is 5.75 Å². The van der Waals surface area contributed by atoms with Crippen molar-refractivity contribution in [3.05, 3.63) is 0 Å². The van der Waals surface area contributed by atoms with Gasteiger partial charge in [0.1, 0.15) is 0 Å². The molecule has 0 aliphatic carbocycles. The van der Waals surface area contributed by atoms with Crippen LogP contribution < -0.4 is 4.72 Å². The van der Waals surface area contributed by atoms with Gasteiger partial charge in [-0.15, -0.1) is 0 Å². The Morgan fingerprint density at radius 3 is 2.17 bits per heavy atom. The molecule has 0 bridgehead atoms. The summed E-state index contributed by atoms with van der Waals surface area (Å²) < 4.78 is 30.9. The van der Waals surface area contributed by atoms with Crippen molar-refractivity contribution in [3.63, 3.8) is 0 Å². The van der Waals surface area contributed by atoms with Crippen molar-refractivity contribution in [2.24, 2.45) is 5.41 Å². The van der Waals surface area contributed by atoms with Crippen LogP contribution in [0.1, 0.15) is 34.1 Å². The summed E-state index contributed by atoms with van der Waals surface area (Å²) in [6, 6.07) is 0. The predicted octanol–water partition coefficient (Wildman–Crippen LogP) is 0.832. The SMILES string of the molecule is COCCCS(=O)(=O)NC(C)(C)C(C)(C)C(=O)O. The summed E-state index contributed by atoms with van der Waals surface area (Å²) in [6.07, 6.45) is 0.370. The van der Waals surface area contributed by atoms with Gasteiger partial charge in [0.05, 0.1) is 11.2 Å². The van der Waals surface area contributed by atoms with Crippen molar-refractivity contribution in [2.75, 3.05) is 19.5 Å². The van der Waals surface area contributed by atoms with Gasteiger partial charge in [-0.3, -0.25) is 4.79 Å². The summed E-state index contributed by atoms with van der Waals surface area (Å²) in [6.45, 7) is 6.47. The highest BCUT2D eigenvalue weighted by molar-refractivity contribution is 7.89. The molecule has 0 saturated carbocycles. The highest BCUT2D eigenvalue weighted by atomic mass is 32.2. The molecule has 0 atom stereocenters. The molecule has 0 aliphatic rings. The van der Waals surface area contributed by atoms with Gasteiger partial charge in [0.15, 0.2) is 0 Å². The Kier molecular flexibility index (Phi) is 5.77. The van der Waals surface area contributed by atoms with E-state index in [0.717, 1.165) is 0 Å². The molecule has 2 N–H and O–H groups in total. The van der Waals surface area contributed by atoms with Gasteiger partial charge in [0.2, 0.25) is 10.0 Å². The predicted molar refractivity (Wildman–Crippen MR) is 68.9 cm³/mol. The molecule has 0 amide bonds. The Morgan fingerprint density at radius 2 is 1.78 bits per heavy atom. The molecule has 0 aromatic carbocycles. The molecule has 0 rings (SSSR count). The molecule has 0 aromatic heterocycles. The zero-order valence-electron chi connectivity index (χ0n) is 11.6. The monoisotopic (exact) mass is 281 g/mol. The Balaban J connectivity index is 4.81. The maximum atomic E-state index is 11.8. The molecule has 0 fully saturated rings. The fraction of sp³-hybridized carbons (Fsp3) is 0.909. The molecule has 0 aromatic rings. The summed E-state index contributed by atoms with van der Waals surface area (Å²) in [5.41, 5.74) is -2.29. The van der Waals surface area contributed by atoms with Crippen molar-refractivity contribution in [1.29, 1.82) is 0 Å². The lowest BCUT2D eigenvalue weighted by atomic mass is 9.75. The van der Waals surface area contributed by atoms with Crippen LogP contribution in [0.4, 0.5) is 0 Å². The number of rotatable bonds is 8. The number of aliphatic carboxylic acids is 1. The Labute approximate surface area is 109 Å². The van der Waals surface area contributed by atoms with Gasteiger partial charge in [0, 0.05) is 19.3 Å². The zero-order valence-corrected chi connectivity index (χ0v) is 12.4. The van der Waals surface area contributed by atoms with E-state index in [1.165, 1.54) is 21.0 Å². The minimum Gasteiger partial charge on any atom is -0.481 e. The van der Waals surface area contributed by atoms with Gasteiger partial charge < -0.3 is 9.84 Å². The molecule has 0 heterocycles. The molecular formula is C11H23NO5S. The van der Waals surface area contributed by atoms with Crippen molar-refractivity contribution < 1.29 is 23.1 Å².